The Morgan fingerprint density at radius 1 is 1.52 bits per heavy atom. The van der Waals surface area contributed by atoms with Crippen LogP contribution in [0.3, 0.4) is 0 Å². The molecular formula is C18H22O3. The molecule has 3 nitrogen and oxygen atoms in total. The third kappa shape index (κ3) is 1.73. The van der Waals surface area contributed by atoms with Gasteiger partial charge in [-0.15, -0.1) is 0 Å². The van der Waals surface area contributed by atoms with Crippen LogP contribution in [0, 0.1) is 17.3 Å². The molecule has 0 saturated heterocycles. The van der Waals surface area contributed by atoms with Gasteiger partial charge in [0.15, 0.2) is 5.78 Å². The van der Waals surface area contributed by atoms with Gasteiger partial charge in [0.2, 0.25) is 0 Å². The number of phenols is 1. The summed E-state index contributed by atoms with van der Waals surface area (Å²) in [5.41, 5.74) is -0.486. The summed E-state index contributed by atoms with van der Waals surface area (Å²) in [4.78, 5) is 12.5. The van der Waals surface area contributed by atoms with E-state index in [9.17, 15) is 15.0 Å². The summed E-state index contributed by atoms with van der Waals surface area (Å²) >= 11 is 0. The third-order valence-electron chi connectivity index (χ3n) is 5.72. The van der Waals surface area contributed by atoms with Crippen molar-refractivity contribution < 1.29 is 21.9 Å². The molecule has 112 valence electrons. The first-order chi connectivity index (χ1) is 11.9. The van der Waals surface area contributed by atoms with Crippen molar-refractivity contribution in [1.82, 2.24) is 0 Å². The van der Waals surface area contributed by atoms with Crippen molar-refractivity contribution in [3.8, 4) is 5.75 Å². The molecule has 5 atom stereocenters. The van der Waals surface area contributed by atoms with E-state index in [1.165, 1.54) is 6.07 Å². The molecule has 0 aliphatic heterocycles. The summed E-state index contributed by atoms with van der Waals surface area (Å²) < 4.78 is 42.2. The molecule has 21 heavy (non-hydrogen) atoms. The van der Waals surface area contributed by atoms with Gasteiger partial charge in [-0.2, -0.15) is 0 Å². The molecule has 0 bridgehead atoms. The van der Waals surface area contributed by atoms with Crippen LogP contribution in [0.4, 0.5) is 0 Å². The number of benzene rings is 1. The van der Waals surface area contributed by atoms with Crippen molar-refractivity contribution in [2.24, 2.45) is 17.3 Å². The number of fused-ring (bicyclic) bond motifs is 5. The van der Waals surface area contributed by atoms with E-state index in [1.807, 2.05) is 6.92 Å². The average Bonchev–Trinajstić information content (AvgIpc) is 2.78. The van der Waals surface area contributed by atoms with Gasteiger partial charge < -0.3 is 10.2 Å². The number of hydrogen-bond acceptors (Lipinski definition) is 3. The molecule has 1 aromatic carbocycles. The van der Waals surface area contributed by atoms with Crippen LogP contribution >= 0.6 is 0 Å². The zero-order valence-electron chi connectivity index (χ0n) is 16.9. The van der Waals surface area contributed by atoms with Crippen molar-refractivity contribution >= 4 is 5.78 Å². The number of aliphatic hydroxyl groups is 1. The van der Waals surface area contributed by atoms with E-state index in [1.54, 1.807) is 0 Å². The molecular weight excluding hydrogens is 264 g/mol. The molecule has 1 aromatic rings. The van der Waals surface area contributed by atoms with E-state index < -0.39 is 41.5 Å². The fourth-order valence-corrected chi connectivity index (χ4v) is 4.55. The number of ketones is 1. The van der Waals surface area contributed by atoms with E-state index in [2.05, 4.69) is 0 Å². The Labute approximate surface area is 132 Å². The quantitative estimate of drug-likeness (QED) is 0.773. The monoisotopic (exact) mass is 291 g/mol. The van der Waals surface area contributed by atoms with E-state index in [-0.39, 0.29) is 41.7 Å². The highest BCUT2D eigenvalue weighted by atomic mass is 16.3. The first-order valence-electron chi connectivity index (χ1n) is 10.00. The molecule has 3 aliphatic carbocycles. The Morgan fingerprint density at radius 3 is 3.14 bits per heavy atom. The number of aliphatic hydroxyl groups excluding tert-OH is 1. The SMILES string of the molecule is [2H]c1cc2c(c([2H])c1O)C([2H])([2H])C[C@H]1C3C[C@@H](O)C(=O)[C@@]3(C)CCC21[2H]. The van der Waals surface area contributed by atoms with Crippen LogP contribution in [0.1, 0.15) is 56.5 Å². The molecule has 4 rings (SSSR count). The van der Waals surface area contributed by atoms with Crippen LogP contribution in [-0.2, 0) is 11.2 Å². The molecule has 2 fully saturated rings. The topological polar surface area (TPSA) is 57.5 Å². The minimum absolute atomic E-state index is 0.00859. The molecule has 0 radical (unpaired) electrons. The van der Waals surface area contributed by atoms with Gasteiger partial charge in [0, 0.05) is 9.53 Å². The van der Waals surface area contributed by atoms with Crippen molar-refractivity contribution in [2.45, 2.75) is 51.0 Å². The van der Waals surface area contributed by atoms with Gasteiger partial charge in [-0.05, 0) is 73.0 Å². The molecule has 3 aliphatic rings. The maximum absolute atomic E-state index is 12.5. The smallest absolute Gasteiger partial charge is 0.167 e. The summed E-state index contributed by atoms with van der Waals surface area (Å²) in [5.74, 6) is -2.81. The van der Waals surface area contributed by atoms with Gasteiger partial charge in [0.05, 0.1) is 2.74 Å². The Kier molecular flexibility index (Phi) is 1.84. The van der Waals surface area contributed by atoms with Gasteiger partial charge in [-0.25, -0.2) is 0 Å². The molecule has 2 N–H and O–H groups in total. The van der Waals surface area contributed by atoms with Crippen molar-refractivity contribution in [2.75, 3.05) is 0 Å². The summed E-state index contributed by atoms with van der Waals surface area (Å²) in [6, 6.07) is 0.612. The number of hydrogen-bond donors (Lipinski definition) is 2. The minimum atomic E-state index is -1.94. The van der Waals surface area contributed by atoms with Crippen LogP contribution in [0.15, 0.2) is 18.2 Å². The second-order valence-electron chi connectivity index (χ2n) is 6.70. The normalized spacial score (nSPS) is 50.7. The molecule has 0 heterocycles. The lowest BCUT2D eigenvalue weighted by Gasteiger charge is -2.48. The minimum Gasteiger partial charge on any atom is -0.508 e. The Hall–Kier alpha value is -1.35. The number of aromatic hydroxyl groups is 1. The van der Waals surface area contributed by atoms with Crippen molar-refractivity contribution in [3.05, 3.63) is 29.3 Å². The van der Waals surface area contributed by atoms with Gasteiger partial charge >= 0.3 is 0 Å². The van der Waals surface area contributed by atoms with E-state index in [0.29, 0.717) is 12.8 Å². The summed E-state index contributed by atoms with van der Waals surface area (Å²) in [6.07, 6.45) is -2.11. The Balaban J connectivity index is 1.93. The van der Waals surface area contributed by atoms with Crippen LogP contribution in [0.2, 0.25) is 0 Å². The highest BCUT2D eigenvalue weighted by molar-refractivity contribution is 5.91. The van der Waals surface area contributed by atoms with Gasteiger partial charge in [-0.3, -0.25) is 4.79 Å². The number of rotatable bonds is 0. The predicted octanol–water partition coefficient (Wildman–Crippen LogP) is 2.79. The number of carbonyl (C=O) groups excluding carboxylic acids is 1. The van der Waals surface area contributed by atoms with E-state index in [0.717, 1.165) is 0 Å². The van der Waals surface area contributed by atoms with Crippen LogP contribution in [-0.4, -0.2) is 22.1 Å². The second-order valence-corrected chi connectivity index (χ2v) is 6.70. The number of phenolic OH excluding ortho intramolecular Hbond substituents is 1. The maximum atomic E-state index is 12.5. The van der Waals surface area contributed by atoms with Crippen LogP contribution in [0.25, 0.3) is 0 Å². The Morgan fingerprint density at radius 2 is 2.33 bits per heavy atom. The highest BCUT2D eigenvalue weighted by Crippen LogP contribution is 2.59. The number of Topliss-reactive ketones (excluding diaryl/α,β-unsaturated/α-hetero) is 1. The lowest BCUT2D eigenvalue weighted by Crippen LogP contribution is -2.42. The maximum Gasteiger partial charge on any atom is 0.167 e. The molecule has 0 amide bonds. The average molecular weight is 291 g/mol. The van der Waals surface area contributed by atoms with E-state index in [4.69, 9.17) is 6.85 Å². The van der Waals surface area contributed by atoms with Crippen LogP contribution in [0.5, 0.6) is 5.75 Å². The molecule has 2 unspecified atom stereocenters. The third-order valence-corrected chi connectivity index (χ3v) is 5.72. The lowest BCUT2D eigenvalue weighted by atomic mass is 9.55. The first-order valence-corrected chi connectivity index (χ1v) is 7.50. The molecule has 0 aromatic heterocycles. The fourth-order valence-electron chi connectivity index (χ4n) is 4.55. The van der Waals surface area contributed by atoms with Crippen molar-refractivity contribution in [3.63, 3.8) is 0 Å². The zero-order valence-corrected chi connectivity index (χ0v) is 11.9. The van der Waals surface area contributed by atoms with Crippen LogP contribution < -0.4 is 0 Å². The van der Waals surface area contributed by atoms with Gasteiger partial charge in [-0.1, -0.05) is 13.0 Å². The van der Waals surface area contributed by atoms with E-state index >= 15 is 0 Å². The first kappa shape index (κ1) is 8.94. The summed E-state index contributed by atoms with van der Waals surface area (Å²) in [5, 5.41) is 20.1. The summed E-state index contributed by atoms with van der Waals surface area (Å²) in [7, 11) is 0. The lowest BCUT2D eigenvalue weighted by molar-refractivity contribution is -0.134. The fraction of sp³-hybridized carbons (Fsp3) is 0.611. The zero-order chi connectivity index (χ0) is 19.2. The molecule has 0 spiro atoms. The summed E-state index contributed by atoms with van der Waals surface area (Å²) in [6.45, 7) is 1.81. The predicted molar refractivity (Wildman–Crippen MR) is 79.1 cm³/mol. The standard InChI is InChI=1S/C18H22O3/c1-18-7-6-13-12-5-3-11(19)8-10(12)2-4-14(13)15(18)9-16(20)17(18)21/h3,5,8,13-16,19-20H,2,4,6-7,9H2,1H3/t13?,14-,15?,16-,18+/m1/s1/i2D2,3D,8D,13D. The highest BCUT2D eigenvalue weighted by Gasteiger charge is 2.57. The van der Waals surface area contributed by atoms with Gasteiger partial charge in [0.25, 0.3) is 0 Å². The van der Waals surface area contributed by atoms with Gasteiger partial charge in [0.1, 0.15) is 11.9 Å². The number of carbonyl (C=O) groups is 1. The van der Waals surface area contributed by atoms with Crippen molar-refractivity contribution in [1.29, 1.82) is 0 Å². The second kappa shape index (κ2) is 4.33. The molecule has 2 saturated carbocycles. The Bertz CT molecular complexity index is 826. The molecule has 3 heteroatoms. The largest absolute Gasteiger partial charge is 0.508 e.